The lowest BCUT2D eigenvalue weighted by molar-refractivity contribution is 0.590. The monoisotopic (exact) mass is 1170 g/mol. The summed E-state index contributed by atoms with van der Waals surface area (Å²) in [4.78, 5) is 5.02. The number of para-hydroxylation sites is 2. The smallest absolute Gasteiger partial charge is 0.143 e. The zero-order chi connectivity index (χ0) is 60.6. The molecule has 0 N–H and O–H groups in total. The molecule has 18 rings (SSSR count). The highest BCUT2D eigenvalue weighted by molar-refractivity contribution is 7.26. The number of rotatable bonds is 6. The number of thiophene rings is 1. The molecular weight excluding hydrogens is 1110 g/mol. The van der Waals surface area contributed by atoms with E-state index in [0.29, 0.717) is 0 Å². The third-order valence-corrected chi connectivity index (χ3v) is 20.3. The molecule has 428 valence electrons. The number of aromatic nitrogens is 1. The van der Waals surface area contributed by atoms with E-state index >= 15 is 0 Å². The van der Waals surface area contributed by atoms with Crippen molar-refractivity contribution in [2.24, 2.45) is 0 Å². The second-order valence-corrected chi connectivity index (χ2v) is 27.6. The Morgan fingerprint density at radius 3 is 1.19 bits per heavy atom. The topological polar surface area (TPSA) is 26.0 Å². The molecule has 0 aliphatic rings. The second kappa shape index (κ2) is 20.6. The summed E-state index contributed by atoms with van der Waals surface area (Å²) in [5.41, 5.74) is 19.2. The molecule has 0 saturated carbocycles. The first-order valence-electron chi connectivity index (χ1n) is 31.4. The zero-order valence-corrected chi connectivity index (χ0v) is 52.1. The van der Waals surface area contributed by atoms with E-state index in [4.69, 9.17) is 9.40 Å². The number of benzene rings is 15. The van der Waals surface area contributed by atoms with Crippen LogP contribution in [-0.4, -0.2) is 4.98 Å². The van der Waals surface area contributed by atoms with Gasteiger partial charge in [-0.2, -0.15) is 0 Å². The fraction of sp³-hybridized carbons (Fsp3) is 0.0920. The lowest BCUT2D eigenvalue weighted by atomic mass is 9.85. The first-order valence-corrected chi connectivity index (χ1v) is 32.2. The number of fused-ring (bicyclic) bond motifs is 6. The highest BCUT2D eigenvalue weighted by Gasteiger charge is 2.21. The van der Waals surface area contributed by atoms with Gasteiger partial charge in [0.25, 0.3) is 0 Å². The number of pyridine rings is 1. The lowest BCUT2D eigenvalue weighted by Crippen LogP contribution is -2.10. The molecule has 0 unspecified atom stereocenters. The van der Waals surface area contributed by atoms with Crippen molar-refractivity contribution < 1.29 is 4.42 Å². The Bertz CT molecular complexity index is 5450. The van der Waals surface area contributed by atoms with E-state index in [2.05, 4.69) is 296 Å². The van der Waals surface area contributed by atoms with Gasteiger partial charge in [-0.25, -0.2) is 0 Å². The van der Waals surface area contributed by atoms with Crippen LogP contribution in [0.3, 0.4) is 0 Å². The van der Waals surface area contributed by atoms with E-state index < -0.39 is 0 Å². The van der Waals surface area contributed by atoms with Gasteiger partial charge in [-0.1, -0.05) is 290 Å². The van der Waals surface area contributed by atoms with Crippen molar-refractivity contribution >= 4 is 118 Å². The van der Waals surface area contributed by atoms with Gasteiger partial charge in [0, 0.05) is 53.8 Å². The quantitative estimate of drug-likeness (QED) is 0.155. The van der Waals surface area contributed by atoms with Gasteiger partial charge in [0.2, 0.25) is 0 Å². The van der Waals surface area contributed by atoms with E-state index in [1.807, 2.05) is 29.7 Å². The molecule has 18 aromatic rings. The molecule has 0 atom stereocenters. The molecule has 3 heterocycles. The van der Waals surface area contributed by atoms with Crippen molar-refractivity contribution in [3.8, 4) is 66.9 Å². The van der Waals surface area contributed by atoms with Gasteiger partial charge in [-0.15, -0.1) is 11.3 Å². The van der Waals surface area contributed by atoms with Gasteiger partial charge >= 0.3 is 0 Å². The molecule has 0 amide bonds. The van der Waals surface area contributed by atoms with Crippen LogP contribution in [0, 0.1) is 0 Å². The van der Waals surface area contributed by atoms with E-state index in [1.54, 1.807) is 0 Å². The summed E-state index contributed by atoms with van der Waals surface area (Å²) in [6.07, 6.45) is 1.98. The second-order valence-electron chi connectivity index (χ2n) is 26.5. The van der Waals surface area contributed by atoms with E-state index in [9.17, 15) is 0 Å². The van der Waals surface area contributed by atoms with Gasteiger partial charge in [0.05, 0.1) is 5.69 Å². The Morgan fingerprint density at radius 1 is 0.289 bits per heavy atom. The van der Waals surface area contributed by atoms with Crippen LogP contribution in [0.2, 0.25) is 0 Å². The molecule has 0 radical (unpaired) electrons. The molecule has 0 saturated heterocycles. The average Bonchev–Trinajstić information content (AvgIpc) is 1.04. The Morgan fingerprint density at radius 2 is 0.689 bits per heavy atom. The molecular formula is C87H63NOS. The summed E-state index contributed by atoms with van der Waals surface area (Å²) >= 11 is 1.89. The maximum atomic E-state index is 6.31. The Kier molecular flexibility index (Phi) is 12.3. The van der Waals surface area contributed by atoms with Crippen LogP contribution in [0.4, 0.5) is 0 Å². The molecule has 15 aromatic carbocycles. The molecule has 90 heavy (non-hydrogen) atoms. The van der Waals surface area contributed by atoms with Crippen molar-refractivity contribution in [3.05, 3.63) is 284 Å². The largest absolute Gasteiger partial charge is 0.455 e. The predicted octanol–water partition coefficient (Wildman–Crippen LogP) is 25.4. The Labute approximate surface area is 527 Å². The summed E-state index contributed by atoms with van der Waals surface area (Å²) in [6, 6.07) is 98.3. The van der Waals surface area contributed by atoms with Crippen LogP contribution in [-0.2, 0) is 10.8 Å². The minimum absolute atomic E-state index is 0.130. The molecule has 0 fully saturated rings. The maximum Gasteiger partial charge on any atom is 0.143 e. The molecule has 0 bridgehead atoms. The van der Waals surface area contributed by atoms with Crippen molar-refractivity contribution in [1.82, 2.24) is 4.98 Å². The van der Waals surface area contributed by atoms with Gasteiger partial charge in [-0.05, 0) is 149 Å². The highest BCUT2D eigenvalue weighted by atomic mass is 32.1. The lowest BCUT2D eigenvalue weighted by Gasteiger charge is -2.20. The summed E-state index contributed by atoms with van der Waals surface area (Å²) in [7, 11) is 0. The van der Waals surface area contributed by atoms with Crippen LogP contribution in [0.15, 0.2) is 278 Å². The van der Waals surface area contributed by atoms with Gasteiger partial charge in [-0.3, -0.25) is 4.98 Å². The van der Waals surface area contributed by atoms with Crippen molar-refractivity contribution in [2.75, 3.05) is 0 Å². The van der Waals surface area contributed by atoms with Crippen molar-refractivity contribution in [2.45, 2.75) is 52.4 Å². The molecule has 3 heteroatoms. The molecule has 3 aromatic heterocycles. The van der Waals surface area contributed by atoms with E-state index in [-0.39, 0.29) is 10.8 Å². The van der Waals surface area contributed by atoms with Gasteiger partial charge < -0.3 is 4.42 Å². The molecule has 0 aliphatic carbocycles. The first-order chi connectivity index (χ1) is 43.9. The number of hydrogen-bond acceptors (Lipinski definition) is 3. The molecule has 0 aliphatic heterocycles. The Balaban J connectivity index is 0.000000139. The average molecular weight is 1170 g/mol. The summed E-state index contributed by atoms with van der Waals surface area (Å²) < 4.78 is 9.01. The highest BCUT2D eigenvalue weighted by Crippen LogP contribution is 2.47. The summed E-state index contributed by atoms with van der Waals surface area (Å²) in [5, 5.41) is 20.5. The number of nitrogens with zero attached hydrogens (tertiary/aromatic N) is 1. The van der Waals surface area contributed by atoms with Crippen molar-refractivity contribution in [1.29, 1.82) is 0 Å². The number of hydrogen-bond donors (Lipinski definition) is 0. The predicted molar refractivity (Wildman–Crippen MR) is 388 cm³/mol. The van der Waals surface area contributed by atoms with Gasteiger partial charge in [0.15, 0.2) is 0 Å². The van der Waals surface area contributed by atoms with Crippen LogP contribution in [0.1, 0.15) is 52.7 Å². The van der Waals surface area contributed by atoms with E-state index in [1.165, 1.54) is 140 Å². The standard InChI is InChI=1S/C44H32S.C43H31NO/c1-44(2,3)32-21-15-28(16-22-32)34-24-18-31-19-25-37-33(23-17-30-20-26-38(34)42(31)41(30)37)27-11-13-29(14-12-27)35-8-6-9-39-36-7-4-5-10-40(36)45-43(35)39;1-43(2,3)30-18-11-26(12-19-30)31-20-13-27-16-23-36-33(21-14-28-15-22-35(31)40(27)41(28)36)38-24-17-29(25-44-38)32-8-6-9-37-34-7-4-5-10-39(34)45-42(32)37/h4-26H,1-3H3;4-25H,1-3H3. The normalized spacial score (nSPS) is 12.3. The van der Waals surface area contributed by atoms with Crippen molar-refractivity contribution in [3.63, 3.8) is 0 Å². The third kappa shape index (κ3) is 8.78. The first kappa shape index (κ1) is 53.8. The van der Waals surface area contributed by atoms with Crippen LogP contribution >= 0.6 is 11.3 Å². The van der Waals surface area contributed by atoms with Gasteiger partial charge in [0.1, 0.15) is 11.2 Å². The zero-order valence-electron chi connectivity index (χ0n) is 51.2. The molecule has 0 spiro atoms. The fourth-order valence-electron chi connectivity index (χ4n) is 14.4. The minimum atomic E-state index is 0.130. The summed E-state index contributed by atoms with van der Waals surface area (Å²) in [6.45, 7) is 13.6. The minimum Gasteiger partial charge on any atom is -0.455 e. The maximum absolute atomic E-state index is 6.31. The van der Waals surface area contributed by atoms with Crippen LogP contribution in [0.5, 0.6) is 0 Å². The SMILES string of the molecule is CC(C)(C)c1ccc(-c2ccc3ccc4c(-c5ccc(-c6cccc7c6oc6ccccc67)cn5)ccc5ccc2c3c54)cc1.CC(C)(C)c1ccc(-c2ccc3ccc4c(-c5ccc(-c6cccc7c6sc6ccccc67)cc5)ccc5ccc2c3c54)cc1. The number of furan rings is 1. The summed E-state index contributed by atoms with van der Waals surface area (Å²) in [5.74, 6) is 0. The van der Waals surface area contributed by atoms with E-state index in [0.717, 1.165) is 44.3 Å². The molecule has 2 nitrogen and oxygen atoms in total. The van der Waals surface area contributed by atoms with Crippen LogP contribution < -0.4 is 0 Å². The third-order valence-electron chi connectivity index (χ3n) is 19.1. The van der Waals surface area contributed by atoms with Crippen LogP contribution in [0.25, 0.3) is 174 Å². The Hall–Kier alpha value is -10.5. The fourth-order valence-corrected chi connectivity index (χ4v) is 15.6.